The van der Waals surface area contributed by atoms with E-state index in [1.165, 1.54) is 56.5 Å². The predicted octanol–water partition coefficient (Wildman–Crippen LogP) is 6.73. The van der Waals surface area contributed by atoms with Gasteiger partial charge in [0.2, 0.25) is 0 Å². The van der Waals surface area contributed by atoms with E-state index >= 15 is 0 Å². The lowest BCUT2D eigenvalue weighted by Crippen LogP contribution is -2.45. The van der Waals surface area contributed by atoms with Gasteiger partial charge in [0, 0.05) is 6.54 Å². The van der Waals surface area contributed by atoms with Gasteiger partial charge in [-0.05, 0) is 87.7 Å². The Balaban J connectivity index is 0.000000395. The topological polar surface area (TPSA) is 29.5 Å². The lowest BCUT2D eigenvalue weighted by molar-refractivity contribution is -0.114. The van der Waals surface area contributed by atoms with Crippen LogP contribution < -0.4 is 4.74 Å². The van der Waals surface area contributed by atoms with Crippen LogP contribution in [0, 0.1) is 12.8 Å². The number of aryl methyl sites for hydroxylation is 1. The molecule has 3 atom stereocenters. The summed E-state index contributed by atoms with van der Waals surface area (Å²) in [6.07, 6.45) is 4.58. The van der Waals surface area contributed by atoms with Crippen LogP contribution in [0.2, 0.25) is 0 Å². The van der Waals surface area contributed by atoms with Crippen molar-refractivity contribution in [1.82, 2.24) is 4.90 Å². The number of ether oxygens (including phenoxy) is 1. The number of carbonyl (C=O) groups is 1. The number of piperidine rings is 1. The molecular formula is C28H40FNO2. The maximum Gasteiger partial charge on any atom is 0.140 e. The average molecular weight is 442 g/mol. The van der Waals surface area contributed by atoms with Crippen LogP contribution in [0.15, 0.2) is 48.5 Å². The normalized spacial score (nSPS) is 22.0. The molecule has 32 heavy (non-hydrogen) atoms. The molecule has 0 saturated carbocycles. The Kier molecular flexibility index (Phi) is 10.9. The Labute approximate surface area is 194 Å². The molecule has 1 heterocycles. The summed E-state index contributed by atoms with van der Waals surface area (Å²) in [5, 5.41) is 0. The molecule has 2 aliphatic rings. The van der Waals surface area contributed by atoms with Crippen LogP contribution in [-0.2, 0) is 11.2 Å². The number of likely N-dealkylation sites (tertiary alicyclic amines) is 1. The molecule has 0 amide bonds. The zero-order chi connectivity index (χ0) is 23.5. The molecule has 176 valence electrons. The first-order valence-corrected chi connectivity index (χ1v) is 11.9. The van der Waals surface area contributed by atoms with E-state index in [1.54, 1.807) is 6.92 Å². The second kappa shape index (κ2) is 13.4. The Morgan fingerprint density at radius 1 is 1.16 bits per heavy atom. The number of hydrogen-bond donors (Lipinski definition) is 0. The monoisotopic (exact) mass is 441 g/mol. The molecule has 4 rings (SSSR count). The van der Waals surface area contributed by atoms with Gasteiger partial charge in [-0.15, -0.1) is 0 Å². The number of benzene rings is 2. The van der Waals surface area contributed by atoms with Gasteiger partial charge in [0.15, 0.2) is 0 Å². The molecule has 0 radical (unpaired) electrons. The van der Waals surface area contributed by atoms with Crippen molar-refractivity contribution in [3.05, 3.63) is 65.2 Å². The van der Waals surface area contributed by atoms with E-state index in [9.17, 15) is 9.18 Å². The molecule has 3 nitrogen and oxygen atoms in total. The first-order valence-electron chi connectivity index (χ1n) is 11.9. The molecule has 0 N–H and O–H groups in total. The summed E-state index contributed by atoms with van der Waals surface area (Å²) in [5.41, 5.74) is 4.09. The fraction of sp³-hybridized carbons (Fsp3) is 0.536. The van der Waals surface area contributed by atoms with Crippen molar-refractivity contribution in [3.8, 4) is 5.75 Å². The van der Waals surface area contributed by atoms with Crippen molar-refractivity contribution in [1.29, 1.82) is 0 Å². The molecule has 0 spiro atoms. The molecular weight excluding hydrogens is 401 g/mol. The Morgan fingerprint density at radius 2 is 1.84 bits per heavy atom. The lowest BCUT2D eigenvalue weighted by Gasteiger charge is -2.38. The van der Waals surface area contributed by atoms with Crippen LogP contribution in [0.5, 0.6) is 5.75 Å². The van der Waals surface area contributed by atoms with Crippen molar-refractivity contribution < 1.29 is 13.9 Å². The zero-order valence-corrected chi connectivity index (χ0v) is 20.4. The second-order valence-corrected chi connectivity index (χ2v) is 9.16. The predicted molar refractivity (Wildman–Crippen MR) is 131 cm³/mol. The van der Waals surface area contributed by atoms with E-state index in [0.29, 0.717) is 12.5 Å². The van der Waals surface area contributed by atoms with Gasteiger partial charge in [-0.2, -0.15) is 0 Å². The number of Topliss-reactive ketones (excluding diaryl/α,β-unsaturated/α-hetero) is 1. The zero-order valence-electron chi connectivity index (χ0n) is 20.4. The molecule has 0 bridgehead atoms. The van der Waals surface area contributed by atoms with Crippen molar-refractivity contribution in [2.75, 3.05) is 19.8 Å². The number of fused-ring (bicyclic) bond motifs is 1. The van der Waals surface area contributed by atoms with Gasteiger partial charge in [-0.3, -0.25) is 9.29 Å². The summed E-state index contributed by atoms with van der Waals surface area (Å²) >= 11 is 0. The highest BCUT2D eigenvalue weighted by molar-refractivity contribution is 5.72. The summed E-state index contributed by atoms with van der Waals surface area (Å²) in [7, 11) is 0. The first kappa shape index (κ1) is 26.1. The van der Waals surface area contributed by atoms with Crippen LogP contribution >= 0.6 is 0 Å². The van der Waals surface area contributed by atoms with E-state index in [-0.39, 0.29) is 18.6 Å². The first-order chi connectivity index (χ1) is 15.3. The van der Waals surface area contributed by atoms with Gasteiger partial charge in [0.1, 0.15) is 17.6 Å². The third-order valence-corrected chi connectivity index (χ3v) is 5.74. The Morgan fingerprint density at radius 3 is 2.47 bits per heavy atom. The van der Waals surface area contributed by atoms with Crippen LogP contribution in [0.25, 0.3) is 0 Å². The van der Waals surface area contributed by atoms with E-state index < -0.39 is 0 Å². The lowest BCUT2D eigenvalue weighted by atomic mass is 9.97. The number of halogens is 1. The van der Waals surface area contributed by atoms with Crippen LogP contribution in [0.1, 0.15) is 69.8 Å². The third-order valence-electron chi connectivity index (χ3n) is 5.74. The molecule has 1 saturated heterocycles. The summed E-state index contributed by atoms with van der Waals surface area (Å²) in [4.78, 5) is 12.1. The quantitative estimate of drug-likeness (QED) is 0.527. The molecule has 1 fully saturated rings. The molecule has 2 unspecified atom stereocenters. The molecule has 4 heteroatoms. The van der Waals surface area contributed by atoms with Gasteiger partial charge in [0.25, 0.3) is 0 Å². The van der Waals surface area contributed by atoms with Crippen molar-refractivity contribution in [3.63, 3.8) is 0 Å². The molecule has 0 aromatic heterocycles. The van der Waals surface area contributed by atoms with Gasteiger partial charge in [-0.1, -0.05) is 50.2 Å². The van der Waals surface area contributed by atoms with Crippen LogP contribution in [0.4, 0.5) is 4.39 Å². The Bertz CT molecular complexity index is 832. The minimum atomic E-state index is -0.181. The SMILES string of the molecule is CC(C)=O.CCCF.Cc1cccc(O[C@H]2c3ccccc3CC2N2CCCC(C)C2)c1. The fourth-order valence-electron chi connectivity index (χ4n) is 4.36. The average Bonchev–Trinajstić information content (AvgIpc) is 3.12. The standard InChI is InChI=1S/C22H27NO.C3H7F.C3H6O/c1-16-7-5-10-19(13-16)24-22-20-11-4-3-9-18(20)14-21(22)23-12-6-8-17(2)15-23;1-2-3-4;1-3(2)4/h3-5,7,9-11,13,17,21-22H,6,8,12,14-15H2,1-2H3;2-3H2,1H3;1-2H3/t17?,21?,22-;;/m0../s1. The molecule has 2 aromatic carbocycles. The van der Waals surface area contributed by atoms with Crippen LogP contribution in [0.3, 0.4) is 0 Å². The van der Waals surface area contributed by atoms with Crippen molar-refractivity contribution in [2.24, 2.45) is 5.92 Å². The number of nitrogens with zero attached hydrogens (tertiary/aromatic N) is 1. The van der Waals surface area contributed by atoms with Gasteiger partial charge in [-0.25, -0.2) is 0 Å². The van der Waals surface area contributed by atoms with E-state index in [4.69, 9.17) is 4.74 Å². The van der Waals surface area contributed by atoms with Gasteiger partial charge < -0.3 is 9.53 Å². The second-order valence-electron chi connectivity index (χ2n) is 9.16. The number of carbonyl (C=O) groups excluding carboxylic acids is 1. The number of hydrogen-bond acceptors (Lipinski definition) is 3. The highest BCUT2D eigenvalue weighted by atomic mass is 19.1. The highest BCUT2D eigenvalue weighted by Gasteiger charge is 2.39. The van der Waals surface area contributed by atoms with E-state index in [1.807, 2.05) is 0 Å². The summed E-state index contributed by atoms with van der Waals surface area (Å²) in [6, 6.07) is 17.7. The summed E-state index contributed by atoms with van der Waals surface area (Å²) < 4.78 is 17.3. The summed E-state index contributed by atoms with van der Waals surface area (Å²) in [5.74, 6) is 1.95. The number of ketones is 1. The summed E-state index contributed by atoms with van der Waals surface area (Å²) in [6.45, 7) is 11.6. The Hall–Kier alpha value is -2.20. The minimum Gasteiger partial charge on any atom is -0.484 e. The van der Waals surface area contributed by atoms with Crippen molar-refractivity contribution >= 4 is 5.78 Å². The third kappa shape index (κ3) is 8.05. The number of rotatable bonds is 4. The van der Waals surface area contributed by atoms with E-state index in [2.05, 4.69) is 67.3 Å². The van der Waals surface area contributed by atoms with Crippen molar-refractivity contribution in [2.45, 2.75) is 72.4 Å². The largest absolute Gasteiger partial charge is 0.484 e. The van der Waals surface area contributed by atoms with E-state index in [0.717, 1.165) is 18.1 Å². The molecule has 1 aliphatic carbocycles. The fourth-order valence-corrected chi connectivity index (χ4v) is 4.36. The van der Waals surface area contributed by atoms with Gasteiger partial charge >= 0.3 is 0 Å². The minimum absolute atomic E-state index is 0.147. The maximum atomic E-state index is 10.7. The molecule has 2 aromatic rings. The maximum absolute atomic E-state index is 10.7. The smallest absolute Gasteiger partial charge is 0.140 e. The molecule has 1 aliphatic heterocycles. The highest BCUT2D eigenvalue weighted by Crippen LogP contribution is 2.39. The van der Waals surface area contributed by atoms with Crippen LogP contribution in [-0.4, -0.2) is 36.5 Å². The number of alkyl halides is 1. The van der Waals surface area contributed by atoms with Gasteiger partial charge in [0.05, 0.1) is 12.7 Å².